The van der Waals surface area contributed by atoms with Crippen molar-refractivity contribution < 1.29 is 32.9 Å². The van der Waals surface area contributed by atoms with Crippen molar-refractivity contribution in [1.82, 2.24) is 0 Å². The van der Waals surface area contributed by atoms with Gasteiger partial charge in [0.15, 0.2) is 5.75 Å². The predicted octanol–water partition coefficient (Wildman–Crippen LogP) is 2.62. The quantitative estimate of drug-likeness (QED) is 0.823. The van der Waals surface area contributed by atoms with E-state index in [0.29, 0.717) is 19.2 Å². The highest BCUT2D eigenvalue weighted by molar-refractivity contribution is 6.37. The molecular weight excluding hydrogens is 312 g/mol. The third kappa shape index (κ3) is 2.58. The molecule has 1 atom stereocenters. The summed E-state index contributed by atoms with van der Waals surface area (Å²) in [5, 5.41) is 17.8. The van der Waals surface area contributed by atoms with Gasteiger partial charge in [0.05, 0.1) is 17.2 Å². The molecule has 0 aliphatic rings. The van der Waals surface area contributed by atoms with Crippen LogP contribution in [0.4, 0.5) is 13.2 Å². The molecule has 1 aromatic carbocycles. The van der Waals surface area contributed by atoms with Crippen LogP contribution in [-0.2, 0) is 15.1 Å². The number of carbonyl (C=O) groups is 1. The van der Waals surface area contributed by atoms with Crippen molar-refractivity contribution in [3.8, 4) is 5.75 Å². The van der Waals surface area contributed by atoms with Crippen molar-refractivity contribution in [3.63, 3.8) is 0 Å². The van der Waals surface area contributed by atoms with E-state index in [-0.39, 0.29) is 0 Å². The van der Waals surface area contributed by atoms with Crippen LogP contribution in [0.3, 0.4) is 0 Å². The number of phenolic OH excluding ortho intramolecular Hbond substituents is 1. The Bertz CT molecular complexity index is 495. The lowest BCUT2D eigenvalue weighted by molar-refractivity contribution is -0.266. The highest BCUT2D eigenvalue weighted by Gasteiger charge is 2.62. The van der Waals surface area contributed by atoms with Crippen LogP contribution in [0.5, 0.6) is 5.75 Å². The van der Waals surface area contributed by atoms with Gasteiger partial charge in [-0.1, -0.05) is 23.2 Å². The molecule has 0 heterocycles. The molecule has 0 aliphatic carbocycles. The minimum atomic E-state index is -5.36. The number of methoxy groups -OCH3 is 1. The summed E-state index contributed by atoms with van der Waals surface area (Å²) in [6.45, 7) is 0. The summed E-state index contributed by atoms with van der Waals surface area (Å²) in [5.41, 5.74) is -4.89. The number of phenols is 1. The van der Waals surface area contributed by atoms with Crippen LogP contribution in [0.15, 0.2) is 12.1 Å². The number of hydrogen-bond acceptors (Lipinski definition) is 4. The molecule has 0 aromatic heterocycles. The van der Waals surface area contributed by atoms with Gasteiger partial charge in [-0.05, 0) is 12.1 Å². The fraction of sp³-hybridized carbons (Fsp3) is 0.300. The summed E-state index contributed by atoms with van der Waals surface area (Å²) in [6, 6.07) is 1.15. The largest absolute Gasteiger partial charge is 0.505 e. The highest BCUT2D eigenvalue weighted by atomic mass is 35.5. The normalized spacial score (nSPS) is 14.9. The maximum Gasteiger partial charge on any atom is 0.432 e. The first-order valence-electron chi connectivity index (χ1n) is 4.61. The minimum Gasteiger partial charge on any atom is -0.505 e. The minimum absolute atomic E-state index is 0.547. The molecule has 0 fully saturated rings. The van der Waals surface area contributed by atoms with Gasteiger partial charge in [0, 0.05) is 5.56 Å². The van der Waals surface area contributed by atoms with Crippen molar-refractivity contribution >= 4 is 29.2 Å². The smallest absolute Gasteiger partial charge is 0.432 e. The molecule has 9 heteroatoms. The van der Waals surface area contributed by atoms with Gasteiger partial charge >= 0.3 is 12.1 Å². The second-order valence-electron chi connectivity index (χ2n) is 3.49. The third-order valence-electron chi connectivity index (χ3n) is 2.33. The van der Waals surface area contributed by atoms with E-state index in [1.54, 1.807) is 0 Å². The van der Waals surface area contributed by atoms with Crippen molar-refractivity contribution in [2.45, 2.75) is 11.8 Å². The van der Waals surface area contributed by atoms with Gasteiger partial charge < -0.3 is 14.9 Å². The molecule has 1 aromatic rings. The first kappa shape index (κ1) is 15.9. The van der Waals surface area contributed by atoms with Gasteiger partial charge in [0.2, 0.25) is 0 Å². The molecule has 0 bridgehead atoms. The highest BCUT2D eigenvalue weighted by Crippen LogP contribution is 2.43. The second-order valence-corrected chi connectivity index (χ2v) is 4.30. The van der Waals surface area contributed by atoms with E-state index >= 15 is 0 Å². The number of alkyl halides is 3. The monoisotopic (exact) mass is 318 g/mol. The van der Waals surface area contributed by atoms with Crippen LogP contribution in [-0.4, -0.2) is 29.5 Å². The van der Waals surface area contributed by atoms with E-state index in [0.717, 1.165) is 0 Å². The van der Waals surface area contributed by atoms with Crippen molar-refractivity contribution in [2.24, 2.45) is 0 Å². The van der Waals surface area contributed by atoms with E-state index in [4.69, 9.17) is 23.2 Å². The lowest BCUT2D eigenvalue weighted by Crippen LogP contribution is -2.49. The Kier molecular flexibility index (Phi) is 4.23. The molecule has 0 saturated carbocycles. The van der Waals surface area contributed by atoms with Crippen LogP contribution in [0.1, 0.15) is 5.56 Å². The molecule has 106 valence electrons. The lowest BCUT2D eigenvalue weighted by Gasteiger charge is -2.28. The fourth-order valence-electron chi connectivity index (χ4n) is 1.32. The second kappa shape index (κ2) is 5.07. The third-order valence-corrected chi connectivity index (χ3v) is 2.90. The number of aromatic hydroxyl groups is 1. The van der Waals surface area contributed by atoms with Crippen LogP contribution >= 0.6 is 23.2 Å². The van der Waals surface area contributed by atoms with E-state index in [9.17, 15) is 28.2 Å². The molecule has 0 spiro atoms. The van der Waals surface area contributed by atoms with Gasteiger partial charge in [-0.15, -0.1) is 0 Å². The molecular formula is C10H7Cl2F3O4. The number of halogens is 5. The summed E-state index contributed by atoms with van der Waals surface area (Å²) in [7, 11) is 0.683. The Balaban J connectivity index is 3.56. The van der Waals surface area contributed by atoms with Gasteiger partial charge in [-0.3, -0.25) is 0 Å². The zero-order valence-corrected chi connectivity index (χ0v) is 10.8. The molecule has 19 heavy (non-hydrogen) atoms. The van der Waals surface area contributed by atoms with Gasteiger partial charge in [0.25, 0.3) is 5.60 Å². The Morgan fingerprint density at radius 1 is 1.26 bits per heavy atom. The Labute approximate surface area is 115 Å². The Hall–Kier alpha value is -1.18. The first-order chi connectivity index (χ1) is 8.55. The first-order valence-corrected chi connectivity index (χ1v) is 5.37. The molecule has 2 N–H and O–H groups in total. The average molecular weight is 319 g/mol. The summed E-state index contributed by atoms with van der Waals surface area (Å²) in [6.07, 6.45) is -5.36. The van der Waals surface area contributed by atoms with Crippen LogP contribution in [0.2, 0.25) is 10.0 Å². The molecule has 0 aliphatic heterocycles. The van der Waals surface area contributed by atoms with Crippen LogP contribution in [0.25, 0.3) is 0 Å². The van der Waals surface area contributed by atoms with E-state index < -0.39 is 39.1 Å². The number of carbonyl (C=O) groups excluding carboxylic acids is 1. The van der Waals surface area contributed by atoms with E-state index in [1.165, 1.54) is 0 Å². The molecule has 4 nitrogen and oxygen atoms in total. The topological polar surface area (TPSA) is 66.8 Å². The zero-order valence-electron chi connectivity index (χ0n) is 9.26. The SMILES string of the molecule is COC(=O)[C@@](O)(c1cc(Cl)c(O)c(Cl)c1)C(F)(F)F. The van der Waals surface area contributed by atoms with Crippen LogP contribution in [0, 0.1) is 0 Å². The van der Waals surface area contributed by atoms with Gasteiger partial charge in [0.1, 0.15) is 0 Å². The summed E-state index contributed by atoms with van der Waals surface area (Å²) >= 11 is 10.9. The average Bonchev–Trinajstić information content (AvgIpc) is 2.31. The fourth-order valence-corrected chi connectivity index (χ4v) is 1.81. The van der Waals surface area contributed by atoms with Gasteiger partial charge in [-0.2, -0.15) is 13.2 Å². The Morgan fingerprint density at radius 2 is 1.68 bits per heavy atom. The number of ether oxygens (including phenoxy) is 1. The predicted molar refractivity (Wildman–Crippen MR) is 60.1 cm³/mol. The number of rotatable bonds is 2. The molecule has 1 rings (SSSR count). The maximum absolute atomic E-state index is 12.9. The van der Waals surface area contributed by atoms with Crippen LogP contribution < -0.4 is 0 Å². The standard InChI is InChI=1S/C10H7Cl2F3O4/c1-19-8(17)9(18,10(13,14)15)4-2-5(11)7(16)6(12)3-4/h2-3,16,18H,1H3/t9-/m0/s1. The number of hydrogen-bond donors (Lipinski definition) is 2. The van der Waals surface area contributed by atoms with E-state index in [1.807, 2.05) is 0 Å². The number of esters is 1. The summed E-state index contributed by atoms with van der Waals surface area (Å²) in [4.78, 5) is 11.2. The maximum atomic E-state index is 12.9. The summed E-state index contributed by atoms with van der Waals surface area (Å²) < 4.78 is 42.6. The Morgan fingerprint density at radius 3 is 2.00 bits per heavy atom. The molecule has 0 amide bonds. The molecule has 0 saturated heterocycles. The summed E-state index contributed by atoms with van der Waals surface area (Å²) in [5.74, 6) is -2.61. The molecule has 0 radical (unpaired) electrons. The number of aliphatic hydroxyl groups is 1. The zero-order chi connectivity index (χ0) is 15.0. The van der Waals surface area contributed by atoms with Crippen molar-refractivity contribution in [3.05, 3.63) is 27.7 Å². The van der Waals surface area contributed by atoms with Crippen molar-refractivity contribution in [2.75, 3.05) is 7.11 Å². The molecule has 0 unspecified atom stereocenters. The van der Waals surface area contributed by atoms with E-state index in [2.05, 4.69) is 4.74 Å². The van der Waals surface area contributed by atoms with Crippen molar-refractivity contribution in [1.29, 1.82) is 0 Å². The lowest BCUT2D eigenvalue weighted by atomic mass is 9.93. The number of benzene rings is 1. The van der Waals surface area contributed by atoms with Gasteiger partial charge in [-0.25, -0.2) is 4.79 Å².